The standard InChI is InChI=1S/C18H15ClFN3O2/c1-12-8-16(25-17(24)13-9-15(20)11-21-10-13)23(22-12)18(2,19)14-6-4-3-5-7-14/h3-11H,1-2H3. The summed E-state index contributed by atoms with van der Waals surface area (Å²) in [5, 5.41) is 4.34. The molecule has 0 fully saturated rings. The van der Waals surface area contributed by atoms with Crippen LogP contribution in [0.25, 0.3) is 0 Å². The maximum atomic E-state index is 13.3. The van der Waals surface area contributed by atoms with Gasteiger partial charge in [-0.05, 0) is 25.5 Å². The molecular weight excluding hydrogens is 345 g/mol. The molecule has 1 atom stereocenters. The summed E-state index contributed by atoms with van der Waals surface area (Å²) in [6, 6.07) is 11.9. The zero-order valence-corrected chi connectivity index (χ0v) is 14.4. The van der Waals surface area contributed by atoms with E-state index in [1.54, 1.807) is 19.9 Å². The van der Waals surface area contributed by atoms with Crippen molar-refractivity contribution >= 4 is 17.6 Å². The average Bonchev–Trinajstić information content (AvgIpc) is 2.97. The minimum Gasteiger partial charge on any atom is -0.404 e. The monoisotopic (exact) mass is 359 g/mol. The fourth-order valence-electron chi connectivity index (χ4n) is 2.39. The van der Waals surface area contributed by atoms with Gasteiger partial charge < -0.3 is 4.74 Å². The fourth-order valence-corrected chi connectivity index (χ4v) is 2.64. The Bertz CT molecular complexity index is 910. The molecular formula is C18H15ClFN3O2. The maximum Gasteiger partial charge on any atom is 0.346 e. The normalized spacial score (nSPS) is 13.3. The lowest BCUT2D eigenvalue weighted by molar-refractivity contribution is 0.0714. The first-order valence-electron chi connectivity index (χ1n) is 7.52. The first kappa shape index (κ1) is 17.1. The van der Waals surface area contributed by atoms with E-state index in [1.807, 2.05) is 30.3 Å². The molecule has 0 spiro atoms. The minimum atomic E-state index is -1.06. The van der Waals surface area contributed by atoms with Crippen LogP contribution in [0.5, 0.6) is 5.88 Å². The number of carbonyl (C=O) groups excluding carboxylic acids is 1. The van der Waals surface area contributed by atoms with Gasteiger partial charge in [-0.25, -0.2) is 13.9 Å². The number of alkyl halides is 1. The van der Waals surface area contributed by atoms with Gasteiger partial charge in [-0.3, -0.25) is 4.98 Å². The summed E-state index contributed by atoms with van der Waals surface area (Å²) >= 11 is 6.70. The molecule has 0 aliphatic heterocycles. The molecule has 0 saturated carbocycles. The van der Waals surface area contributed by atoms with Crippen molar-refractivity contribution in [3.8, 4) is 5.88 Å². The van der Waals surface area contributed by atoms with E-state index in [9.17, 15) is 9.18 Å². The zero-order chi connectivity index (χ0) is 18.0. The minimum absolute atomic E-state index is 0.00129. The Kier molecular flexibility index (Phi) is 4.55. The molecule has 1 unspecified atom stereocenters. The zero-order valence-electron chi connectivity index (χ0n) is 13.6. The van der Waals surface area contributed by atoms with Gasteiger partial charge in [0.15, 0.2) is 5.00 Å². The number of halogens is 2. The van der Waals surface area contributed by atoms with E-state index in [-0.39, 0.29) is 11.4 Å². The van der Waals surface area contributed by atoms with Crippen LogP contribution in [0.4, 0.5) is 4.39 Å². The van der Waals surface area contributed by atoms with Crippen molar-refractivity contribution in [2.75, 3.05) is 0 Å². The highest BCUT2D eigenvalue weighted by Gasteiger charge is 2.31. The van der Waals surface area contributed by atoms with Crippen LogP contribution in [0.15, 0.2) is 54.9 Å². The number of esters is 1. The average molecular weight is 360 g/mol. The number of carbonyl (C=O) groups is 1. The lowest BCUT2D eigenvalue weighted by Crippen LogP contribution is -2.27. The molecule has 0 amide bonds. The van der Waals surface area contributed by atoms with Crippen LogP contribution >= 0.6 is 11.6 Å². The van der Waals surface area contributed by atoms with Crippen LogP contribution in [-0.2, 0) is 5.00 Å². The Hall–Kier alpha value is -2.73. The number of hydrogen-bond acceptors (Lipinski definition) is 4. The van der Waals surface area contributed by atoms with Gasteiger partial charge in [0.2, 0.25) is 5.88 Å². The number of benzene rings is 1. The van der Waals surface area contributed by atoms with Crippen molar-refractivity contribution in [2.24, 2.45) is 0 Å². The molecule has 0 saturated heterocycles. The molecule has 0 N–H and O–H groups in total. The third-order valence-electron chi connectivity index (χ3n) is 3.64. The molecule has 1 aromatic carbocycles. The van der Waals surface area contributed by atoms with Crippen LogP contribution in [0.2, 0.25) is 0 Å². The van der Waals surface area contributed by atoms with Gasteiger partial charge in [-0.1, -0.05) is 41.9 Å². The van der Waals surface area contributed by atoms with Crippen molar-refractivity contribution in [2.45, 2.75) is 18.8 Å². The molecule has 7 heteroatoms. The van der Waals surface area contributed by atoms with E-state index in [0.717, 1.165) is 17.8 Å². The molecule has 2 heterocycles. The number of nitrogens with zero attached hydrogens (tertiary/aromatic N) is 3. The number of rotatable bonds is 4. The highest BCUT2D eigenvalue weighted by molar-refractivity contribution is 6.23. The molecule has 0 radical (unpaired) electrons. The van der Waals surface area contributed by atoms with Gasteiger partial charge in [0.25, 0.3) is 0 Å². The largest absolute Gasteiger partial charge is 0.404 e. The van der Waals surface area contributed by atoms with E-state index in [2.05, 4.69) is 10.1 Å². The van der Waals surface area contributed by atoms with Gasteiger partial charge in [0, 0.05) is 12.3 Å². The highest BCUT2D eigenvalue weighted by atomic mass is 35.5. The third-order valence-corrected chi connectivity index (χ3v) is 4.01. The number of pyridine rings is 1. The predicted molar refractivity (Wildman–Crippen MR) is 91.2 cm³/mol. The topological polar surface area (TPSA) is 57.0 Å². The summed E-state index contributed by atoms with van der Waals surface area (Å²) in [5.41, 5.74) is 1.41. The summed E-state index contributed by atoms with van der Waals surface area (Å²) in [4.78, 5) is 14.9. The van der Waals surface area contributed by atoms with Gasteiger partial charge >= 0.3 is 5.97 Å². The SMILES string of the molecule is Cc1cc(OC(=O)c2cncc(F)c2)n(C(C)(Cl)c2ccccc2)n1. The van der Waals surface area contributed by atoms with E-state index >= 15 is 0 Å². The van der Waals surface area contributed by atoms with E-state index in [1.165, 1.54) is 10.9 Å². The van der Waals surface area contributed by atoms with Crippen LogP contribution < -0.4 is 4.74 Å². The number of aromatic nitrogens is 3. The molecule has 3 aromatic rings. The van der Waals surface area contributed by atoms with E-state index in [4.69, 9.17) is 16.3 Å². The van der Waals surface area contributed by atoms with Crippen molar-refractivity contribution < 1.29 is 13.9 Å². The molecule has 0 aliphatic rings. The smallest absolute Gasteiger partial charge is 0.346 e. The Morgan fingerprint density at radius 3 is 2.64 bits per heavy atom. The number of hydrogen-bond donors (Lipinski definition) is 0. The van der Waals surface area contributed by atoms with Gasteiger partial charge in [0.05, 0.1) is 17.5 Å². The van der Waals surface area contributed by atoms with Crippen molar-refractivity contribution in [1.82, 2.24) is 14.8 Å². The Morgan fingerprint density at radius 1 is 1.24 bits per heavy atom. The first-order valence-corrected chi connectivity index (χ1v) is 7.90. The van der Waals surface area contributed by atoms with Crippen LogP contribution in [0.1, 0.15) is 28.5 Å². The van der Waals surface area contributed by atoms with Gasteiger partial charge in [0.1, 0.15) is 5.82 Å². The summed E-state index contributed by atoms with van der Waals surface area (Å²) in [7, 11) is 0. The predicted octanol–water partition coefficient (Wildman–Crippen LogP) is 3.90. The Labute approximate surface area is 149 Å². The van der Waals surface area contributed by atoms with Crippen LogP contribution in [0.3, 0.4) is 0 Å². The number of ether oxygens (including phenoxy) is 1. The molecule has 0 aliphatic carbocycles. The second-order valence-corrected chi connectivity index (χ2v) is 6.37. The van der Waals surface area contributed by atoms with Crippen LogP contribution in [-0.4, -0.2) is 20.7 Å². The van der Waals surface area contributed by atoms with Crippen molar-refractivity contribution in [3.63, 3.8) is 0 Å². The quantitative estimate of drug-likeness (QED) is 0.523. The van der Waals surface area contributed by atoms with Crippen molar-refractivity contribution in [1.29, 1.82) is 0 Å². The van der Waals surface area contributed by atoms with Gasteiger partial charge in [-0.15, -0.1) is 0 Å². The number of aryl methyl sites for hydroxylation is 1. The second kappa shape index (κ2) is 6.64. The fraction of sp³-hybridized carbons (Fsp3) is 0.167. The molecule has 0 bridgehead atoms. The second-order valence-electron chi connectivity index (χ2n) is 5.64. The summed E-state index contributed by atoms with van der Waals surface area (Å²) in [6.45, 7) is 3.51. The molecule has 5 nitrogen and oxygen atoms in total. The summed E-state index contributed by atoms with van der Waals surface area (Å²) in [6.07, 6.45) is 2.24. The first-order chi connectivity index (χ1) is 11.9. The van der Waals surface area contributed by atoms with Crippen LogP contribution in [0, 0.1) is 12.7 Å². The third kappa shape index (κ3) is 3.53. The highest BCUT2D eigenvalue weighted by Crippen LogP contribution is 2.34. The van der Waals surface area contributed by atoms with E-state index in [0.29, 0.717) is 5.69 Å². The lowest BCUT2D eigenvalue weighted by Gasteiger charge is -2.24. The molecule has 128 valence electrons. The molecule has 25 heavy (non-hydrogen) atoms. The summed E-state index contributed by atoms with van der Waals surface area (Å²) < 4.78 is 20.1. The van der Waals surface area contributed by atoms with E-state index < -0.39 is 16.8 Å². The lowest BCUT2D eigenvalue weighted by atomic mass is 10.1. The van der Waals surface area contributed by atoms with Crippen molar-refractivity contribution in [3.05, 3.63) is 77.5 Å². The molecule has 2 aromatic heterocycles. The Balaban J connectivity index is 1.95. The molecule has 3 rings (SSSR count). The van der Waals surface area contributed by atoms with Gasteiger partial charge in [-0.2, -0.15) is 5.10 Å². The Morgan fingerprint density at radius 2 is 1.96 bits per heavy atom. The maximum absolute atomic E-state index is 13.3. The summed E-state index contributed by atoms with van der Waals surface area (Å²) in [5.74, 6) is -1.20.